The van der Waals surface area contributed by atoms with Gasteiger partial charge in [0.05, 0.1) is 5.92 Å². The first kappa shape index (κ1) is 17.1. The molecule has 2 aromatic carbocycles. The maximum Gasteiger partial charge on any atom is 0.232 e. The Kier molecular flexibility index (Phi) is 4.00. The summed E-state index contributed by atoms with van der Waals surface area (Å²) in [5.74, 6) is 1.00. The Balaban J connectivity index is 1.38. The zero-order valence-corrected chi connectivity index (χ0v) is 15.8. The Morgan fingerprint density at radius 3 is 2.68 bits per heavy atom. The van der Waals surface area contributed by atoms with Crippen molar-refractivity contribution in [3.8, 4) is 11.5 Å². The van der Waals surface area contributed by atoms with E-state index in [1.165, 1.54) is 5.56 Å². The van der Waals surface area contributed by atoms with Crippen LogP contribution in [0.1, 0.15) is 18.9 Å². The molecule has 2 atom stereocenters. The molecule has 0 aliphatic carbocycles. The average Bonchev–Trinajstić information content (AvgIpc) is 3.26. The van der Waals surface area contributed by atoms with Crippen molar-refractivity contribution in [2.45, 2.75) is 25.8 Å². The van der Waals surface area contributed by atoms with Gasteiger partial charge in [-0.15, -0.1) is 0 Å². The molecule has 0 N–H and O–H groups in total. The lowest BCUT2D eigenvalue weighted by Crippen LogP contribution is -2.41. The maximum absolute atomic E-state index is 13.3. The lowest BCUT2D eigenvalue weighted by molar-refractivity contribution is -0.124. The van der Waals surface area contributed by atoms with Crippen LogP contribution < -0.4 is 19.3 Å². The Morgan fingerprint density at radius 1 is 1.04 bits per heavy atom. The SMILES string of the molecule is CC1Cc2ccccc2N1C(=O)C1CC(=O)N(c2ccc3c(c2)OCCO3)C1. The third-order valence-corrected chi connectivity index (χ3v) is 5.76. The highest BCUT2D eigenvalue weighted by molar-refractivity contribution is 6.05. The summed E-state index contributed by atoms with van der Waals surface area (Å²) in [6, 6.07) is 13.6. The summed E-state index contributed by atoms with van der Waals surface area (Å²) in [6.07, 6.45) is 1.09. The molecule has 2 amide bonds. The number of anilines is 2. The van der Waals surface area contributed by atoms with E-state index >= 15 is 0 Å². The molecule has 6 nitrogen and oxygen atoms in total. The molecule has 3 heterocycles. The van der Waals surface area contributed by atoms with Crippen LogP contribution in [0.5, 0.6) is 11.5 Å². The Morgan fingerprint density at radius 2 is 1.82 bits per heavy atom. The number of carbonyl (C=O) groups is 2. The predicted molar refractivity (Wildman–Crippen MR) is 105 cm³/mol. The zero-order valence-electron chi connectivity index (χ0n) is 15.8. The van der Waals surface area contributed by atoms with Crippen LogP contribution in [-0.2, 0) is 16.0 Å². The third kappa shape index (κ3) is 2.71. The van der Waals surface area contributed by atoms with E-state index in [2.05, 4.69) is 13.0 Å². The number of hydrogen-bond donors (Lipinski definition) is 0. The third-order valence-electron chi connectivity index (χ3n) is 5.76. The topological polar surface area (TPSA) is 59.1 Å². The number of benzene rings is 2. The van der Waals surface area contributed by atoms with Gasteiger partial charge < -0.3 is 19.3 Å². The van der Waals surface area contributed by atoms with Gasteiger partial charge in [0.2, 0.25) is 11.8 Å². The van der Waals surface area contributed by atoms with E-state index in [0.717, 1.165) is 17.8 Å². The summed E-state index contributed by atoms with van der Waals surface area (Å²) in [4.78, 5) is 29.5. The summed E-state index contributed by atoms with van der Waals surface area (Å²) in [5, 5.41) is 0. The standard InChI is InChI=1S/C22H22N2O4/c1-14-10-15-4-2-3-5-18(15)24(14)22(26)16-11-21(25)23(13-16)17-6-7-19-20(12-17)28-9-8-27-19/h2-7,12,14,16H,8-11,13H2,1H3. The molecule has 0 radical (unpaired) electrons. The minimum absolute atomic E-state index is 0.0323. The van der Waals surface area contributed by atoms with Crippen LogP contribution in [-0.4, -0.2) is 37.6 Å². The lowest BCUT2D eigenvalue weighted by atomic mass is 10.1. The van der Waals surface area contributed by atoms with Crippen LogP contribution in [0.25, 0.3) is 0 Å². The molecule has 0 saturated carbocycles. The molecule has 28 heavy (non-hydrogen) atoms. The van der Waals surface area contributed by atoms with Crippen LogP contribution in [0.3, 0.4) is 0 Å². The number of rotatable bonds is 2. The molecule has 0 spiro atoms. The molecule has 2 unspecified atom stereocenters. The number of amides is 2. The predicted octanol–water partition coefficient (Wildman–Crippen LogP) is 2.79. The van der Waals surface area contributed by atoms with Crippen LogP contribution in [0.2, 0.25) is 0 Å². The zero-order chi connectivity index (χ0) is 19.3. The van der Waals surface area contributed by atoms with Gasteiger partial charge >= 0.3 is 0 Å². The van der Waals surface area contributed by atoms with E-state index in [1.807, 2.05) is 41.3 Å². The Labute approximate surface area is 163 Å². The Bertz CT molecular complexity index is 957. The fourth-order valence-corrected chi connectivity index (χ4v) is 4.42. The van der Waals surface area contributed by atoms with Gasteiger partial charge in [0.15, 0.2) is 11.5 Å². The highest BCUT2D eigenvalue weighted by atomic mass is 16.6. The molecule has 3 aliphatic heterocycles. The smallest absolute Gasteiger partial charge is 0.232 e. The minimum Gasteiger partial charge on any atom is -0.486 e. The summed E-state index contributed by atoms with van der Waals surface area (Å²) in [7, 11) is 0. The van der Waals surface area contributed by atoms with E-state index in [4.69, 9.17) is 9.47 Å². The first-order valence-corrected chi connectivity index (χ1v) is 9.73. The van der Waals surface area contributed by atoms with Gasteiger partial charge in [-0.2, -0.15) is 0 Å². The number of para-hydroxylation sites is 1. The quantitative estimate of drug-likeness (QED) is 0.806. The number of ether oxygens (including phenoxy) is 2. The van der Waals surface area contributed by atoms with Crippen LogP contribution in [0, 0.1) is 5.92 Å². The van der Waals surface area contributed by atoms with E-state index in [-0.39, 0.29) is 30.2 Å². The van der Waals surface area contributed by atoms with Gasteiger partial charge in [-0.05, 0) is 37.1 Å². The normalized spacial score (nSPS) is 23.1. The summed E-state index contributed by atoms with van der Waals surface area (Å²) in [5.41, 5.74) is 2.92. The number of nitrogens with zero attached hydrogens (tertiary/aromatic N) is 2. The molecular weight excluding hydrogens is 356 g/mol. The molecule has 0 bridgehead atoms. The molecule has 0 aromatic heterocycles. The molecule has 1 fully saturated rings. The number of fused-ring (bicyclic) bond motifs is 2. The number of carbonyl (C=O) groups excluding carboxylic acids is 2. The molecule has 5 rings (SSSR count). The van der Waals surface area contributed by atoms with Crippen LogP contribution >= 0.6 is 0 Å². The van der Waals surface area contributed by atoms with Gasteiger partial charge in [-0.1, -0.05) is 18.2 Å². The second-order valence-electron chi connectivity index (χ2n) is 7.62. The monoisotopic (exact) mass is 378 g/mol. The second-order valence-corrected chi connectivity index (χ2v) is 7.62. The second kappa shape index (κ2) is 6.55. The average molecular weight is 378 g/mol. The van der Waals surface area contributed by atoms with Crippen LogP contribution in [0.4, 0.5) is 11.4 Å². The van der Waals surface area contributed by atoms with E-state index in [0.29, 0.717) is 31.3 Å². The molecular formula is C22H22N2O4. The first-order valence-electron chi connectivity index (χ1n) is 9.73. The fourth-order valence-electron chi connectivity index (χ4n) is 4.42. The molecule has 3 aliphatic rings. The van der Waals surface area contributed by atoms with Crippen molar-refractivity contribution in [3.63, 3.8) is 0 Å². The highest BCUT2D eigenvalue weighted by Crippen LogP contribution is 2.38. The summed E-state index contributed by atoms with van der Waals surface area (Å²) < 4.78 is 11.2. The largest absolute Gasteiger partial charge is 0.486 e. The van der Waals surface area contributed by atoms with Gasteiger partial charge in [-0.3, -0.25) is 9.59 Å². The van der Waals surface area contributed by atoms with Crippen molar-refractivity contribution in [3.05, 3.63) is 48.0 Å². The highest BCUT2D eigenvalue weighted by Gasteiger charge is 2.41. The minimum atomic E-state index is -0.339. The van der Waals surface area contributed by atoms with Gasteiger partial charge in [0.25, 0.3) is 0 Å². The van der Waals surface area contributed by atoms with E-state index in [1.54, 1.807) is 4.90 Å². The summed E-state index contributed by atoms with van der Waals surface area (Å²) >= 11 is 0. The van der Waals surface area contributed by atoms with Crippen molar-refractivity contribution in [2.75, 3.05) is 29.6 Å². The molecule has 1 saturated heterocycles. The van der Waals surface area contributed by atoms with Gasteiger partial charge in [0, 0.05) is 36.4 Å². The van der Waals surface area contributed by atoms with Crippen molar-refractivity contribution in [1.82, 2.24) is 0 Å². The molecule has 2 aromatic rings. The first-order chi connectivity index (χ1) is 13.6. The molecule has 144 valence electrons. The maximum atomic E-state index is 13.3. The number of hydrogen-bond acceptors (Lipinski definition) is 4. The fraction of sp³-hybridized carbons (Fsp3) is 0.364. The van der Waals surface area contributed by atoms with Crippen molar-refractivity contribution in [1.29, 1.82) is 0 Å². The lowest BCUT2D eigenvalue weighted by Gasteiger charge is -2.26. The molecule has 6 heteroatoms. The van der Waals surface area contributed by atoms with Crippen molar-refractivity contribution >= 4 is 23.2 Å². The summed E-state index contributed by atoms with van der Waals surface area (Å²) in [6.45, 7) is 3.48. The van der Waals surface area contributed by atoms with Gasteiger partial charge in [0.1, 0.15) is 13.2 Å². The van der Waals surface area contributed by atoms with Gasteiger partial charge in [-0.25, -0.2) is 0 Å². The van der Waals surface area contributed by atoms with E-state index in [9.17, 15) is 9.59 Å². The van der Waals surface area contributed by atoms with Crippen molar-refractivity contribution < 1.29 is 19.1 Å². The Hall–Kier alpha value is -3.02. The van der Waals surface area contributed by atoms with Crippen molar-refractivity contribution in [2.24, 2.45) is 5.92 Å². The van der Waals surface area contributed by atoms with Crippen LogP contribution in [0.15, 0.2) is 42.5 Å². The van der Waals surface area contributed by atoms with E-state index < -0.39 is 0 Å².